The molecular weight excluding hydrogens is 268 g/mol. The number of nitrogens with zero attached hydrogens (tertiary/aromatic N) is 1. The minimum atomic E-state index is -3.16. The largest absolute Gasteiger partial charge is 0.473 e. The van der Waals surface area contributed by atoms with E-state index in [-0.39, 0.29) is 12.6 Å². The minimum absolute atomic E-state index is 0.0167. The number of rotatable bonds is 7. The molecule has 0 aliphatic carbocycles. The SMILES string of the molecule is CC(C)Oc1nc(NCCNS(C)(=O)=O)ccc1N. The highest BCUT2D eigenvalue weighted by atomic mass is 32.2. The average Bonchev–Trinajstić information content (AvgIpc) is 2.26. The van der Waals surface area contributed by atoms with Crippen LogP contribution in [0.3, 0.4) is 0 Å². The maximum Gasteiger partial charge on any atom is 0.239 e. The van der Waals surface area contributed by atoms with Gasteiger partial charge in [0.25, 0.3) is 0 Å². The van der Waals surface area contributed by atoms with Gasteiger partial charge in [0, 0.05) is 13.1 Å². The molecule has 0 amide bonds. The van der Waals surface area contributed by atoms with E-state index in [1.165, 1.54) is 0 Å². The number of pyridine rings is 1. The van der Waals surface area contributed by atoms with E-state index in [1.807, 2.05) is 13.8 Å². The summed E-state index contributed by atoms with van der Waals surface area (Å²) in [5.74, 6) is 0.955. The number of ether oxygens (including phenoxy) is 1. The summed E-state index contributed by atoms with van der Waals surface area (Å²) in [5.41, 5.74) is 6.21. The van der Waals surface area contributed by atoms with Crippen molar-refractivity contribution in [3.05, 3.63) is 12.1 Å². The van der Waals surface area contributed by atoms with Crippen LogP contribution in [0.15, 0.2) is 12.1 Å². The van der Waals surface area contributed by atoms with E-state index in [0.717, 1.165) is 6.26 Å². The Morgan fingerprint density at radius 2 is 2.05 bits per heavy atom. The Morgan fingerprint density at radius 3 is 2.63 bits per heavy atom. The van der Waals surface area contributed by atoms with Crippen molar-refractivity contribution in [3.63, 3.8) is 0 Å². The second-order valence-electron chi connectivity index (χ2n) is 4.35. The quantitative estimate of drug-likeness (QED) is 0.628. The predicted molar refractivity (Wildman–Crippen MR) is 75.7 cm³/mol. The smallest absolute Gasteiger partial charge is 0.239 e. The zero-order chi connectivity index (χ0) is 14.5. The van der Waals surface area contributed by atoms with Gasteiger partial charge >= 0.3 is 0 Å². The van der Waals surface area contributed by atoms with Crippen LogP contribution in [0.2, 0.25) is 0 Å². The summed E-state index contributed by atoms with van der Waals surface area (Å²) in [6, 6.07) is 3.40. The Kier molecular flexibility index (Phi) is 5.37. The van der Waals surface area contributed by atoms with Crippen LogP contribution in [-0.2, 0) is 10.0 Å². The van der Waals surface area contributed by atoms with Crippen molar-refractivity contribution in [1.29, 1.82) is 0 Å². The van der Waals surface area contributed by atoms with E-state index >= 15 is 0 Å². The maximum absolute atomic E-state index is 10.9. The lowest BCUT2D eigenvalue weighted by Crippen LogP contribution is -2.27. The highest BCUT2D eigenvalue weighted by Gasteiger charge is 2.06. The first-order valence-electron chi connectivity index (χ1n) is 5.89. The van der Waals surface area contributed by atoms with Gasteiger partial charge in [0.1, 0.15) is 5.82 Å². The fourth-order valence-corrected chi connectivity index (χ4v) is 1.77. The molecule has 0 atom stereocenters. The first-order valence-corrected chi connectivity index (χ1v) is 7.79. The Labute approximate surface area is 113 Å². The van der Waals surface area contributed by atoms with Gasteiger partial charge in [0.15, 0.2) is 0 Å². The molecule has 19 heavy (non-hydrogen) atoms. The maximum atomic E-state index is 10.9. The summed E-state index contributed by atoms with van der Waals surface area (Å²) in [6.07, 6.45) is 1.10. The van der Waals surface area contributed by atoms with Crippen molar-refractivity contribution in [3.8, 4) is 5.88 Å². The molecular formula is C11H20N4O3S. The van der Waals surface area contributed by atoms with Gasteiger partial charge in [-0.05, 0) is 26.0 Å². The Morgan fingerprint density at radius 1 is 1.37 bits per heavy atom. The van der Waals surface area contributed by atoms with E-state index in [4.69, 9.17) is 10.5 Å². The number of nitrogens with one attached hydrogen (secondary N) is 2. The Hall–Kier alpha value is -1.54. The standard InChI is InChI=1S/C11H20N4O3S/c1-8(2)18-11-9(12)4-5-10(15-11)13-6-7-14-19(3,16)17/h4-5,8,14H,6-7,12H2,1-3H3,(H,13,15). The van der Waals surface area contributed by atoms with E-state index in [0.29, 0.717) is 23.9 Å². The van der Waals surface area contributed by atoms with Gasteiger partial charge in [-0.2, -0.15) is 4.98 Å². The molecule has 0 saturated heterocycles. The summed E-state index contributed by atoms with van der Waals surface area (Å²) >= 11 is 0. The highest BCUT2D eigenvalue weighted by molar-refractivity contribution is 7.88. The molecule has 0 saturated carbocycles. The molecule has 0 aliphatic rings. The first-order chi connectivity index (χ1) is 8.78. The second-order valence-corrected chi connectivity index (χ2v) is 6.18. The lowest BCUT2D eigenvalue weighted by atomic mass is 10.4. The zero-order valence-corrected chi connectivity index (χ0v) is 12.1. The van der Waals surface area contributed by atoms with Crippen LogP contribution in [0.1, 0.15) is 13.8 Å². The van der Waals surface area contributed by atoms with Gasteiger partial charge in [0.05, 0.1) is 18.0 Å². The summed E-state index contributed by atoms with van der Waals surface area (Å²) in [7, 11) is -3.16. The van der Waals surface area contributed by atoms with Crippen LogP contribution in [0.25, 0.3) is 0 Å². The summed E-state index contributed by atoms with van der Waals surface area (Å²) in [4.78, 5) is 4.21. The number of hydrogen-bond donors (Lipinski definition) is 3. The van der Waals surface area contributed by atoms with Crippen LogP contribution < -0.4 is 20.5 Å². The van der Waals surface area contributed by atoms with E-state index in [9.17, 15) is 8.42 Å². The molecule has 8 heteroatoms. The molecule has 0 spiro atoms. The number of hydrogen-bond acceptors (Lipinski definition) is 6. The second kappa shape index (κ2) is 6.58. The van der Waals surface area contributed by atoms with Crippen molar-refractivity contribution >= 4 is 21.5 Å². The Bertz CT molecular complexity index is 517. The van der Waals surface area contributed by atoms with E-state index in [2.05, 4.69) is 15.0 Å². The van der Waals surface area contributed by atoms with Crippen molar-refractivity contribution in [1.82, 2.24) is 9.71 Å². The van der Waals surface area contributed by atoms with Gasteiger partial charge < -0.3 is 15.8 Å². The summed E-state index contributed by atoms with van der Waals surface area (Å²) in [5, 5.41) is 2.98. The number of nitrogen functional groups attached to an aromatic ring is 1. The monoisotopic (exact) mass is 288 g/mol. The lowest BCUT2D eigenvalue weighted by molar-refractivity contribution is 0.234. The molecule has 108 valence electrons. The van der Waals surface area contributed by atoms with Crippen LogP contribution >= 0.6 is 0 Å². The molecule has 0 unspecified atom stereocenters. The van der Waals surface area contributed by atoms with Crippen molar-refractivity contribution in [2.45, 2.75) is 20.0 Å². The summed E-state index contributed by atoms with van der Waals surface area (Å²) in [6.45, 7) is 4.48. The van der Waals surface area contributed by atoms with Crippen LogP contribution in [0, 0.1) is 0 Å². The molecule has 1 heterocycles. The van der Waals surface area contributed by atoms with Gasteiger partial charge in [-0.1, -0.05) is 0 Å². The fraction of sp³-hybridized carbons (Fsp3) is 0.545. The third-order valence-corrected chi connectivity index (χ3v) is 2.76. The third-order valence-electron chi connectivity index (χ3n) is 2.03. The topological polar surface area (TPSA) is 106 Å². The van der Waals surface area contributed by atoms with Crippen molar-refractivity contribution < 1.29 is 13.2 Å². The number of nitrogens with two attached hydrogens (primary N) is 1. The van der Waals surface area contributed by atoms with Gasteiger partial charge in [-0.25, -0.2) is 13.1 Å². The zero-order valence-electron chi connectivity index (χ0n) is 11.3. The molecule has 4 N–H and O–H groups in total. The molecule has 0 aliphatic heterocycles. The summed E-state index contributed by atoms with van der Waals surface area (Å²) < 4.78 is 29.6. The molecule has 1 aromatic rings. The fourth-order valence-electron chi connectivity index (χ4n) is 1.29. The molecule has 0 radical (unpaired) electrons. The Balaban J connectivity index is 2.55. The molecule has 7 nitrogen and oxygen atoms in total. The minimum Gasteiger partial charge on any atom is -0.473 e. The molecule has 0 bridgehead atoms. The number of aromatic nitrogens is 1. The van der Waals surface area contributed by atoms with E-state index < -0.39 is 10.0 Å². The third kappa shape index (κ3) is 6.25. The van der Waals surface area contributed by atoms with Crippen LogP contribution in [0.5, 0.6) is 5.88 Å². The lowest BCUT2D eigenvalue weighted by Gasteiger charge is -2.13. The molecule has 1 aromatic heterocycles. The van der Waals surface area contributed by atoms with E-state index in [1.54, 1.807) is 12.1 Å². The van der Waals surface area contributed by atoms with Gasteiger partial charge in [-0.15, -0.1) is 0 Å². The van der Waals surface area contributed by atoms with Crippen molar-refractivity contribution in [2.24, 2.45) is 0 Å². The molecule has 0 aromatic carbocycles. The first kappa shape index (κ1) is 15.5. The number of sulfonamides is 1. The highest BCUT2D eigenvalue weighted by Crippen LogP contribution is 2.21. The molecule has 0 fully saturated rings. The normalized spacial score (nSPS) is 11.6. The number of anilines is 2. The van der Waals surface area contributed by atoms with Crippen LogP contribution in [0.4, 0.5) is 11.5 Å². The average molecular weight is 288 g/mol. The van der Waals surface area contributed by atoms with Crippen molar-refractivity contribution in [2.75, 3.05) is 30.4 Å². The predicted octanol–water partition coefficient (Wildman–Crippen LogP) is 0.412. The molecule has 1 rings (SSSR count). The van der Waals surface area contributed by atoms with Gasteiger partial charge in [0.2, 0.25) is 15.9 Å². The van der Waals surface area contributed by atoms with Gasteiger partial charge in [-0.3, -0.25) is 0 Å². The van der Waals surface area contributed by atoms with Crippen LogP contribution in [-0.4, -0.2) is 38.9 Å².